The van der Waals surface area contributed by atoms with Crippen molar-refractivity contribution in [2.75, 3.05) is 19.7 Å². The molecule has 0 saturated heterocycles. The summed E-state index contributed by atoms with van der Waals surface area (Å²) in [5, 5.41) is 17.0. The third kappa shape index (κ3) is 13.0. The first kappa shape index (κ1) is 19.2. The Morgan fingerprint density at radius 3 is 2.19 bits per heavy atom. The lowest BCUT2D eigenvalue weighted by atomic mass is 10.2. The quantitative estimate of drug-likeness (QED) is 0.332. The molecule has 0 aliphatic carbocycles. The molecule has 0 aromatic heterocycles. The second-order valence-corrected chi connectivity index (χ2v) is 5.07. The summed E-state index contributed by atoms with van der Waals surface area (Å²) in [6, 6.07) is 0.318. The van der Waals surface area contributed by atoms with E-state index >= 15 is 0 Å². The summed E-state index contributed by atoms with van der Waals surface area (Å²) in [4.78, 5) is 22.6. The summed E-state index contributed by atoms with van der Waals surface area (Å²) in [5.74, 6) is -0.239. The molecule has 0 unspecified atom stereocenters. The Kier molecular flexibility index (Phi) is 11.0. The topological polar surface area (TPSA) is 116 Å². The molecule has 21 heavy (non-hydrogen) atoms. The maximum Gasteiger partial charge on any atom is 0.222 e. The van der Waals surface area contributed by atoms with Crippen LogP contribution in [0, 0.1) is 0 Å². The minimum absolute atomic E-state index is 0.0578. The fourth-order valence-corrected chi connectivity index (χ4v) is 1.43. The van der Waals surface area contributed by atoms with Crippen LogP contribution >= 0.6 is 0 Å². The van der Waals surface area contributed by atoms with E-state index in [4.69, 9.17) is 10.8 Å². The van der Waals surface area contributed by atoms with Crippen molar-refractivity contribution in [1.82, 2.24) is 16.0 Å². The molecule has 122 valence electrons. The van der Waals surface area contributed by atoms with Gasteiger partial charge in [-0.15, -0.1) is 0 Å². The molecule has 0 aliphatic heterocycles. The van der Waals surface area contributed by atoms with Crippen LogP contribution in [0.3, 0.4) is 0 Å². The van der Waals surface area contributed by atoms with Gasteiger partial charge in [-0.25, -0.2) is 0 Å². The Hall–Kier alpha value is -1.76. The van der Waals surface area contributed by atoms with E-state index in [1.807, 2.05) is 13.8 Å². The van der Waals surface area contributed by atoms with Gasteiger partial charge in [0, 0.05) is 43.9 Å². The molecule has 0 aromatic carbocycles. The zero-order valence-electron chi connectivity index (χ0n) is 12.9. The molecule has 6 N–H and O–H groups in total. The van der Waals surface area contributed by atoms with Crippen LogP contribution in [-0.2, 0) is 9.59 Å². The Morgan fingerprint density at radius 2 is 1.67 bits per heavy atom. The molecule has 7 nitrogen and oxygen atoms in total. The Balaban J connectivity index is 3.59. The number of aliphatic hydroxyl groups excluding tert-OH is 1. The van der Waals surface area contributed by atoms with Crippen molar-refractivity contribution >= 4 is 11.8 Å². The molecule has 0 aromatic rings. The average Bonchev–Trinajstić information content (AvgIpc) is 2.42. The summed E-state index contributed by atoms with van der Waals surface area (Å²) in [7, 11) is 0. The molecule has 0 aliphatic rings. The van der Waals surface area contributed by atoms with Crippen LogP contribution in [0.15, 0.2) is 11.9 Å². The predicted molar refractivity (Wildman–Crippen MR) is 82.1 cm³/mol. The molecule has 2 amide bonds. The highest BCUT2D eigenvalue weighted by atomic mass is 16.3. The van der Waals surface area contributed by atoms with Crippen molar-refractivity contribution in [3.8, 4) is 0 Å². The number of nitrogens with one attached hydrogen (secondary N) is 3. The highest BCUT2D eigenvalue weighted by molar-refractivity contribution is 5.76. The maximum atomic E-state index is 11.6. The monoisotopic (exact) mass is 300 g/mol. The van der Waals surface area contributed by atoms with Gasteiger partial charge >= 0.3 is 0 Å². The second-order valence-electron chi connectivity index (χ2n) is 5.07. The number of carbonyl (C=O) groups excluding carboxylic acids is 2. The molecule has 0 bridgehead atoms. The molecule has 0 radical (unpaired) electrons. The highest BCUT2D eigenvalue weighted by Gasteiger charge is 2.02. The lowest BCUT2D eigenvalue weighted by Crippen LogP contribution is -2.30. The first-order valence-corrected chi connectivity index (χ1v) is 7.30. The fraction of sp³-hybridized carbons (Fsp3) is 0.714. The van der Waals surface area contributed by atoms with Gasteiger partial charge < -0.3 is 26.8 Å². The van der Waals surface area contributed by atoms with E-state index < -0.39 is 0 Å². The van der Waals surface area contributed by atoms with Crippen molar-refractivity contribution in [3.05, 3.63) is 11.9 Å². The van der Waals surface area contributed by atoms with Crippen LogP contribution in [0.2, 0.25) is 0 Å². The number of amides is 2. The summed E-state index contributed by atoms with van der Waals surface area (Å²) in [6.45, 7) is 4.86. The van der Waals surface area contributed by atoms with Gasteiger partial charge in [0.05, 0.1) is 6.61 Å². The lowest BCUT2D eigenvalue weighted by Gasteiger charge is -2.08. The van der Waals surface area contributed by atoms with Crippen LogP contribution in [0.5, 0.6) is 0 Å². The first-order chi connectivity index (χ1) is 9.95. The van der Waals surface area contributed by atoms with E-state index in [0.717, 1.165) is 0 Å². The van der Waals surface area contributed by atoms with Gasteiger partial charge in [0.15, 0.2) is 0 Å². The maximum absolute atomic E-state index is 11.6. The summed E-state index contributed by atoms with van der Waals surface area (Å²) in [5.41, 5.74) is 6.41. The number of allylic oxidation sites excluding steroid dienone is 1. The lowest BCUT2D eigenvalue weighted by molar-refractivity contribution is -0.121. The smallest absolute Gasteiger partial charge is 0.222 e. The summed E-state index contributed by atoms with van der Waals surface area (Å²) in [6.07, 6.45) is 3.36. The third-order valence-corrected chi connectivity index (χ3v) is 2.58. The van der Waals surface area contributed by atoms with Gasteiger partial charge in [0.25, 0.3) is 0 Å². The fourth-order valence-electron chi connectivity index (χ4n) is 1.43. The van der Waals surface area contributed by atoms with Gasteiger partial charge in [-0.1, -0.05) is 0 Å². The van der Waals surface area contributed by atoms with E-state index in [1.165, 1.54) is 0 Å². The Labute approximate surface area is 126 Å². The van der Waals surface area contributed by atoms with E-state index in [-0.39, 0.29) is 24.8 Å². The minimum Gasteiger partial charge on any atom is -0.401 e. The number of hydrogen-bond acceptors (Lipinski definition) is 5. The predicted octanol–water partition coefficient (Wildman–Crippen LogP) is -0.430. The molecule has 0 fully saturated rings. The third-order valence-electron chi connectivity index (χ3n) is 2.58. The Morgan fingerprint density at radius 1 is 1.10 bits per heavy atom. The number of rotatable bonds is 11. The highest BCUT2D eigenvalue weighted by Crippen LogP contribution is 1.97. The summed E-state index contributed by atoms with van der Waals surface area (Å²) < 4.78 is 0. The molecule has 0 atom stereocenters. The van der Waals surface area contributed by atoms with Crippen molar-refractivity contribution in [2.45, 2.75) is 45.6 Å². The largest absolute Gasteiger partial charge is 0.401 e. The molecule has 7 heteroatoms. The van der Waals surface area contributed by atoms with Gasteiger partial charge in [0.2, 0.25) is 11.8 Å². The van der Waals surface area contributed by atoms with Gasteiger partial charge in [-0.2, -0.15) is 0 Å². The minimum atomic E-state index is -0.181. The van der Waals surface area contributed by atoms with E-state index in [9.17, 15) is 9.59 Å². The number of aliphatic hydroxyl groups is 1. The molecular formula is C14H28N4O3. The number of carbonyl (C=O) groups is 2. The summed E-state index contributed by atoms with van der Waals surface area (Å²) >= 11 is 0. The standard InChI is InChI=1S/C14H28N4O3/c1-11(2)18-10-12(15)4-5-13(20)16-7-3-8-17-14(21)6-9-19/h10-11,18-19H,3-9,15H2,1-2H3,(H,16,20)(H,17,21)/b12-10-. The SMILES string of the molecule is CC(C)N/C=C(\N)CCC(=O)NCCCNC(=O)CCO. The van der Waals surface area contributed by atoms with Crippen molar-refractivity contribution in [3.63, 3.8) is 0 Å². The van der Waals surface area contributed by atoms with Crippen molar-refractivity contribution < 1.29 is 14.7 Å². The van der Waals surface area contributed by atoms with Crippen LogP contribution in [0.25, 0.3) is 0 Å². The second kappa shape index (κ2) is 12.0. The van der Waals surface area contributed by atoms with Gasteiger partial charge in [-0.3, -0.25) is 9.59 Å². The van der Waals surface area contributed by atoms with Gasteiger partial charge in [-0.05, 0) is 26.7 Å². The molecule has 0 heterocycles. The van der Waals surface area contributed by atoms with Crippen LogP contribution in [-0.4, -0.2) is 42.7 Å². The van der Waals surface area contributed by atoms with Crippen LogP contribution < -0.4 is 21.7 Å². The zero-order valence-corrected chi connectivity index (χ0v) is 12.9. The van der Waals surface area contributed by atoms with E-state index in [0.29, 0.717) is 44.1 Å². The number of nitrogens with two attached hydrogens (primary N) is 1. The Bertz CT molecular complexity index is 343. The van der Waals surface area contributed by atoms with Crippen LogP contribution in [0.4, 0.5) is 0 Å². The number of hydrogen-bond donors (Lipinski definition) is 5. The normalized spacial score (nSPS) is 11.3. The van der Waals surface area contributed by atoms with Crippen molar-refractivity contribution in [2.24, 2.45) is 5.73 Å². The average molecular weight is 300 g/mol. The molecule has 0 spiro atoms. The first-order valence-electron chi connectivity index (χ1n) is 7.30. The molecule has 0 saturated carbocycles. The van der Waals surface area contributed by atoms with Crippen LogP contribution in [0.1, 0.15) is 39.5 Å². The zero-order chi connectivity index (χ0) is 16.1. The van der Waals surface area contributed by atoms with Gasteiger partial charge in [0.1, 0.15) is 0 Å². The van der Waals surface area contributed by atoms with E-state index in [2.05, 4.69) is 16.0 Å². The van der Waals surface area contributed by atoms with E-state index in [1.54, 1.807) is 6.20 Å². The molecule has 0 rings (SSSR count). The molecular weight excluding hydrogens is 272 g/mol. The van der Waals surface area contributed by atoms with Crippen molar-refractivity contribution in [1.29, 1.82) is 0 Å².